The first-order chi connectivity index (χ1) is 13.0. The average molecular weight is 368 g/mol. The summed E-state index contributed by atoms with van der Waals surface area (Å²) >= 11 is 0. The van der Waals surface area contributed by atoms with Gasteiger partial charge in [0.05, 0.1) is 26.2 Å². The van der Waals surface area contributed by atoms with Gasteiger partial charge in [0.2, 0.25) is 11.8 Å². The fourth-order valence-corrected chi connectivity index (χ4v) is 3.20. The van der Waals surface area contributed by atoms with Gasteiger partial charge >= 0.3 is 0 Å². The van der Waals surface area contributed by atoms with Crippen LogP contribution < -0.4 is 19.7 Å². The lowest BCUT2D eigenvalue weighted by molar-refractivity contribution is -0.126. The van der Waals surface area contributed by atoms with Gasteiger partial charge in [-0.2, -0.15) is 0 Å². The van der Waals surface area contributed by atoms with Gasteiger partial charge in [0.25, 0.3) is 0 Å². The SMILES string of the molecule is COc1ccc([C@@H](C)NC(=O)[C@@H]2CC(=O)N(c3ccc(OC)cc3)C2)cc1. The van der Waals surface area contributed by atoms with Gasteiger partial charge in [0.1, 0.15) is 11.5 Å². The summed E-state index contributed by atoms with van der Waals surface area (Å²) in [6, 6.07) is 14.7. The number of rotatable bonds is 6. The number of benzene rings is 2. The molecule has 142 valence electrons. The Balaban J connectivity index is 1.62. The molecule has 1 aliphatic rings. The van der Waals surface area contributed by atoms with Crippen molar-refractivity contribution in [1.82, 2.24) is 5.32 Å². The number of methoxy groups -OCH3 is 2. The molecule has 0 aliphatic carbocycles. The number of amides is 2. The van der Waals surface area contributed by atoms with E-state index >= 15 is 0 Å². The highest BCUT2D eigenvalue weighted by atomic mass is 16.5. The lowest BCUT2D eigenvalue weighted by atomic mass is 10.0. The molecule has 1 heterocycles. The lowest BCUT2D eigenvalue weighted by Gasteiger charge is -2.19. The molecular weight excluding hydrogens is 344 g/mol. The second-order valence-electron chi connectivity index (χ2n) is 6.61. The Morgan fingerprint density at radius 3 is 2.15 bits per heavy atom. The Bertz CT molecular complexity index is 802. The van der Waals surface area contributed by atoms with Crippen LogP contribution in [0.3, 0.4) is 0 Å². The molecule has 1 N–H and O–H groups in total. The monoisotopic (exact) mass is 368 g/mol. The van der Waals surface area contributed by atoms with E-state index in [1.807, 2.05) is 55.5 Å². The number of carbonyl (C=O) groups excluding carboxylic acids is 2. The number of ether oxygens (including phenoxy) is 2. The molecule has 0 radical (unpaired) electrons. The third kappa shape index (κ3) is 4.22. The summed E-state index contributed by atoms with van der Waals surface area (Å²) in [6.07, 6.45) is 0.215. The predicted octanol–water partition coefficient (Wildman–Crippen LogP) is 2.93. The van der Waals surface area contributed by atoms with Crippen molar-refractivity contribution >= 4 is 17.5 Å². The number of hydrogen-bond donors (Lipinski definition) is 1. The van der Waals surface area contributed by atoms with Gasteiger partial charge in [-0.15, -0.1) is 0 Å². The maximum absolute atomic E-state index is 12.6. The maximum Gasteiger partial charge on any atom is 0.227 e. The van der Waals surface area contributed by atoms with E-state index in [9.17, 15) is 9.59 Å². The van der Waals surface area contributed by atoms with Crippen LogP contribution >= 0.6 is 0 Å². The van der Waals surface area contributed by atoms with Crippen LogP contribution in [0.1, 0.15) is 24.9 Å². The molecule has 0 aromatic heterocycles. The van der Waals surface area contributed by atoms with Crippen LogP contribution in [0, 0.1) is 5.92 Å². The van der Waals surface area contributed by atoms with Gasteiger partial charge in [-0.1, -0.05) is 12.1 Å². The van der Waals surface area contributed by atoms with Crippen molar-refractivity contribution in [2.75, 3.05) is 25.7 Å². The zero-order valence-electron chi connectivity index (χ0n) is 15.8. The van der Waals surface area contributed by atoms with Crippen molar-refractivity contribution in [1.29, 1.82) is 0 Å². The second-order valence-corrected chi connectivity index (χ2v) is 6.61. The summed E-state index contributed by atoms with van der Waals surface area (Å²) in [7, 11) is 3.21. The molecular formula is C21H24N2O4. The molecule has 0 bridgehead atoms. The zero-order valence-corrected chi connectivity index (χ0v) is 15.8. The standard InChI is InChI=1S/C21H24N2O4/c1-14(15-4-8-18(26-2)9-5-15)22-21(25)16-12-20(24)23(13-16)17-6-10-19(27-3)11-7-17/h4-11,14,16H,12-13H2,1-3H3,(H,22,25)/t14-,16-/m1/s1. The Morgan fingerprint density at radius 2 is 1.59 bits per heavy atom. The highest BCUT2D eigenvalue weighted by Crippen LogP contribution is 2.27. The second kappa shape index (κ2) is 8.12. The van der Waals surface area contributed by atoms with E-state index in [4.69, 9.17) is 9.47 Å². The van der Waals surface area contributed by atoms with E-state index in [-0.39, 0.29) is 30.2 Å². The normalized spacial score (nSPS) is 17.5. The summed E-state index contributed by atoms with van der Waals surface area (Å²) in [5.41, 5.74) is 1.76. The molecule has 2 amide bonds. The minimum atomic E-state index is -0.361. The van der Waals surface area contributed by atoms with Crippen LogP contribution in [0.4, 0.5) is 5.69 Å². The van der Waals surface area contributed by atoms with E-state index in [2.05, 4.69) is 5.32 Å². The Hall–Kier alpha value is -3.02. The fourth-order valence-electron chi connectivity index (χ4n) is 3.20. The van der Waals surface area contributed by atoms with Crippen molar-refractivity contribution in [3.63, 3.8) is 0 Å². The average Bonchev–Trinajstić information content (AvgIpc) is 3.10. The van der Waals surface area contributed by atoms with Crippen molar-refractivity contribution in [2.24, 2.45) is 5.92 Å². The van der Waals surface area contributed by atoms with Gasteiger partial charge in [-0.3, -0.25) is 9.59 Å². The molecule has 2 atom stereocenters. The first kappa shape index (κ1) is 18.8. The van der Waals surface area contributed by atoms with E-state index < -0.39 is 0 Å². The molecule has 0 saturated carbocycles. The topological polar surface area (TPSA) is 67.9 Å². The molecule has 0 unspecified atom stereocenters. The molecule has 0 spiro atoms. The number of carbonyl (C=O) groups is 2. The first-order valence-electron chi connectivity index (χ1n) is 8.90. The predicted molar refractivity (Wildman–Crippen MR) is 103 cm³/mol. The Morgan fingerprint density at radius 1 is 1.04 bits per heavy atom. The third-order valence-corrected chi connectivity index (χ3v) is 4.85. The van der Waals surface area contributed by atoms with E-state index in [1.165, 1.54) is 0 Å². The zero-order chi connectivity index (χ0) is 19.4. The van der Waals surface area contributed by atoms with Gasteiger partial charge in [-0.05, 0) is 48.9 Å². The minimum Gasteiger partial charge on any atom is -0.497 e. The summed E-state index contributed by atoms with van der Waals surface area (Å²) in [4.78, 5) is 26.7. The Labute approximate surface area is 159 Å². The number of hydrogen-bond acceptors (Lipinski definition) is 4. The van der Waals surface area contributed by atoms with Crippen LogP contribution in [-0.4, -0.2) is 32.6 Å². The van der Waals surface area contributed by atoms with Crippen LogP contribution in [0.15, 0.2) is 48.5 Å². The maximum atomic E-state index is 12.6. The van der Waals surface area contributed by atoms with E-state index in [1.54, 1.807) is 19.1 Å². The molecule has 1 saturated heterocycles. The first-order valence-corrected chi connectivity index (χ1v) is 8.90. The highest BCUT2D eigenvalue weighted by Gasteiger charge is 2.35. The van der Waals surface area contributed by atoms with Gasteiger partial charge in [0.15, 0.2) is 0 Å². The van der Waals surface area contributed by atoms with Gasteiger partial charge in [-0.25, -0.2) is 0 Å². The van der Waals surface area contributed by atoms with Crippen molar-refractivity contribution < 1.29 is 19.1 Å². The third-order valence-electron chi connectivity index (χ3n) is 4.85. The molecule has 1 fully saturated rings. The van der Waals surface area contributed by atoms with Crippen LogP contribution in [0.2, 0.25) is 0 Å². The summed E-state index contributed by atoms with van der Waals surface area (Å²) < 4.78 is 10.3. The number of nitrogens with zero attached hydrogens (tertiary/aromatic N) is 1. The molecule has 3 rings (SSSR count). The molecule has 2 aromatic carbocycles. The minimum absolute atomic E-state index is 0.0441. The number of anilines is 1. The molecule has 6 heteroatoms. The van der Waals surface area contributed by atoms with Crippen LogP contribution in [0.5, 0.6) is 11.5 Å². The molecule has 27 heavy (non-hydrogen) atoms. The van der Waals surface area contributed by atoms with Crippen molar-refractivity contribution in [2.45, 2.75) is 19.4 Å². The lowest BCUT2D eigenvalue weighted by Crippen LogP contribution is -2.34. The van der Waals surface area contributed by atoms with Crippen LogP contribution in [0.25, 0.3) is 0 Å². The number of nitrogens with one attached hydrogen (secondary N) is 1. The van der Waals surface area contributed by atoms with E-state index in [0.29, 0.717) is 6.54 Å². The Kier molecular flexibility index (Phi) is 5.64. The fraction of sp³-hybridized carbons (Fsp3) is 0.333. The van der Waals surface area contributed by atoms with Crippen molar-refractivity contribution in [3.8, 4) is 11.5 Å². The van der Waals surface area contributed by atoms with E-state index in [0.717, 1.165) is 22.7 Å². The highest BCUT2D eigenvalue weighted by molar-refractivity contribution is 6.00. The van der Waals surface area contributed by atoms with Crippen LogP contribution in [-0.2, 0) is 9.59 Å². The summed E-state index contributed by atoms with van der Waals surface area (Å²) in [6.45, 7) is 2.31. The molecule has 1 aliphatic heterocycles. The largest absolute Gasteiger partial charge is 0.497 e. The summed E-state index contributed by atoms with van der Waals surface area (Å²) in [5.74, 6) is 0.988. The van der Waals surface area contributed by atoms with Gasteiger partial charge < -0.3 is 19.7 Å². The molecule has 6 nitrogen and oxygen atoms in total. The smallest absolute Gasteiger partial charge is 0.227 e. The summed E-state index contributed by atoms with van der Waals surface area (Å²) in [5, 5.41) is 3.01. The van der Waals surface area contributed by atoms with Crippen molar-refractivity contribution in [3.05, 3.63) is 54.1 Å². The van der Waals surface area contributed by atoms with Gasteiger partial charge in [0, 0.05) is 18.7 Å². The molecule has 2 aromatic rings. The quantitative estimate of drug-likeness (QED) is 0.851.